The molecule has 8 heteroatoms. The van der Waals surface area contributed by atoms with Crippen molar-refractivity contribution in [2.75, 3.05) is 32.2 Å². The smallest absolute Gasteiger partial charge is 0.261 e. The Kier molecular flexibility index (Phi) is 6.67. The lowest BCUT2D eigenvalue weighted by atomic mass is 9.94. The summed E-state index contributed by atoms with van der Waals surface area (Å²) in [7, 11) is 3.11. The molecule has 0 radical (unpaired) electrons. The van der Waals surface area contributed by atoms with Crippen LogP contribution in [-0.2, 0) is 0 Å². The molecule has 1 aliphatic rings. The number of imide groups is 1. The van der Waals surface area contributed by atoms with Gasteiger partial charge in [-0.2, -0.15) is 0 Å². The first-order valence-corrected chi connectivity index (χ1v) is 12.4. The van der Waals surface area contributed by atoms with Gasteiger partial charge in [-0.15, -0.1) is 0 Å². The SMILES string of the molecule is COc1ccc(N(CCN2C(=O)c3cccc4c(Br)ccc(c34)C2=O)C(=O)c2cccc(OC)c2)cc1. The third-order valence-electron chi connectivity index (χ3n) is 6.43. The normalized spacial score (nSPS) is 12.6. The second kappa shape index (κ2) is 10.1. The zero-order valence-electron chi connectivity index (χ0n) is 20.2. The van der Waals surface area contributed by atoms with Crippen LogP contribution in [0.25, 0.3) is 10.8 Å². The van der Waals surface area contributed by atoms with Crippen molar-refractivity contribution < 1.29 is 23.9 Å². The molecule has 0 spiro atoms. The van der Waals surface area contributed by atoms with Crippen LogP contribution in [-0.4, -0.2) is 49.9 Å². The molecule has 0 saturated carbocycles. The number of methoxy groups -OCH3 is 2. The van der Waals surface area contributed by atoms with Crippen LogP contribution in [0.15, 0.2) is 83.3 Å². The highest BCUT2D eigenvalue weighted by Crippen LogP contribution is 2.34. The summed E-state index contributed by atoms with van der Waals surface area (Å²) in [6.07, 6.45) is 0. The minimum Gasteiger partial charge on any atom is -0.497 e. The highest BCUT2D eigenvalue weighted by Gasteiger charge is 2.34. The van der Waals surface area contributed by atoms with Gasteiger partial charge in [0.2, 0.25) is 0 Å². The zero-order chi connectivity index (χ0) is 26.1. The van der Waals surface area contributed by atoms with Crippen molar-refractivity contribution in [3.8, 4) is 11.5 Å². The van der Waals surface area contributed by atoms with Crippen LogP contribution >= 0.6 is 15.9 Å². The Bertz CT molecular complexity index is 1510. The summed E-state index contributed by atoms with van der Waals surface area (Å²) in [5.41, 5.74) is 1.95. The first-order valence-electron chi connectivity index (χ1n) is 11.6. The molecule has 0 aliphatic carbocycles. The summed E-state index contributed by atoms with van der Waals surface area (Å²) in [6, 6.07) is 22.8. The van der Waals surface area contributed by atoms with Gasteiger partial charge in [0.05, 0.1) is 14.2 Å². The molecule has 0 fully saturated rings. The molecule has 3 amide bonds. The van der Waals surface area contributed by atoms with E-state index in [4.69, 9.17) is 9.47 Å². The molecular weight excluding hydrogens is 536 g/mol. The van der Waals surface area contributed by atoms with Crippen LogP contribution < -0.4 is 14.4 Å². The summed E-state index contributed by atoms with van der Waals surface area (Å²) >= 11 is 3.51. The fraction of sp³-hybridized carbons (Fsp3) is 0.138. The van der Waals surface area contributed by atoms with Crippen molar-refractivity contribution in [3.63, 3.8) is 0 Å². The first kappa shape index (κ1) is 24.5. The second-order valence-electron chi connectivity index (χ2n) is 8.47. The predicted octanol–water partition coefficient (Wildman–Crippen LogP) is 5.56. The van der Waals surface area contributed by atoms with E-state index < -0.39 is 0 Å². The third-order valence-corrected chi connectivity index (χ3v) is 7.12. The predicted molar refractivity (Wildman–Crippen MR) is 145 cm³/mol. The Morgan fingerprint density at radius 1 is 0.838 bits per heavy atom. The van der Waals surface area contributed by atoms with Gasteiger partial charge < -0.3 is 14.4 Å². The van der Waals surface area contributed by atoms with E-state index in [0.29, 0.717) is 39.3 Å². The maximum absolute atomic E-state index is 13.6. The molecule has 0 saturated heterocycles. The van der Waals surface area contributed by atoms with Gasteiger partial charge in [0.15, 0.2) is 0 Å². The molecule has 0 unspecified atom stereocenters. The van der Waals surface area contributed by atoms with Crippen LogP contribution in [0.3, 0.4) is 0 Å². The molecule has 7 nitrogen and oxygen atoms in total. The Morgan fingerprint density at radius 3 is 2.22 bits per heavy atom. The standard InChI is InChI=1S/C29H23BrN2O5/c1-36-20-11-9-19(10-12-20)31(27(33)18-5-3-6-21(17-18)37-2)15-16-32-28(34)23-8-4-7-22-25(30)14-13-24(26(22)23)29(32)35/h3-14,17H,15-16H2,1-2H3. The van der Waals surface area contributed by atoms with E-state index in [9.17, 15) is 14.4 Å². The number of nitrogens with zero attached hydrogens (tertiary/aromatic N) is 2. The van der Waals surface area contributed by atoms with Gasteiger partial charge in [0.1, 0.15) is 11.5 Å². The number of hydrogen-bond acceptors (Lipinski definition) is 5. The lowest BCUT2D eigenvalue weighted by Crippen LogP contribution is -2.46. The number of anilines is 1. The average Bonchev–Trinajstić information content (AvgIpc) is 2.94. The minimum absolute atomic E-state index is 0.0191. The molecule has 37 heavy (non-hydrogen) atoms. The van der Waals surface area contributed by atoms with E-state index in [-0.39, 0.29) is 30.8 Å². The molecule has 4 aromatic rings. The number of benzene rings is 4. The molecule has 0 bridgehead atoms. The van der Waals surface area contributed by atoms with Crippen molar-refractivity contribution in [1.29, 1.82) is 0 Å². The monoisotopic (exact) mass is 558 g/mol. The number of ether oxygens (including phenoxy) is 2. The minimum atomic E-state index is -0.385. The van der Waals surface area contributed by atoms with Gasteiger partial charge in [-0.3, -0.25) is 19.3 Å². The molecule has 186 valence electrons. The topological polar surface area (TPSA) is 76.2 Å². The van der Waals surface area contributed by atoms with Crippen LogP contribution in [0.2, 0.25) is 0 Å². The van der Waals surface area contributed by atoms with Crippen LogP contribution in [0.1, 0.15) is 31.1 Å². The largest absolute Gasteiger partial charge is 0.497 e. The molecule has 4 aromatic carbocycles. The summed E-state index contributed by atoms with van der Waals surface area (Å²) < 4.78 is 11.4. The summed E-state index contributed by atoms with van der Waals surface area (Å²) in [5, 5.41) is 1.45. The number of halogens is 1. The van der Waals surface area contributed by atoms with E-state index in [1.54, 1.807) is 78.7 Å². The van der Waals surface area contributed by atoms with Crippen LogP contribution in [0.5, 0.6) is 11.5 Å². The number of hydrogen-bond donors (Lipinski definition) is 0. The highest BCUT2D eigenvalue weighted by molar-refractivity contribution is 9.10. The van der Waals surface area contributed by atoms with Gasteiger partial charge in [-0.25, -0.2) is 0 Å². The van der Waals surface area contributed by atoms with E-state index in [1.807, 2.05) is 12.1 Å². The molecule has 0 N–H and O–H groups in total. The number of amides is 3. The van der Waals surface area contributed by atoms with Crippen molar-refractivity contribution in [3.05, 3.63) is 100 Å². The van der Waals surface area contributed by atoms with Crippen LogP contribution in [0, 0.1) is 0 Å². The number of rotatable bonds is 7. The van der Waals surface area contributed by atoms with Crippen molar-refractivity contribution in [1.82, 2.24) is 4.90 Å². The molecule has 0 atom stereocenters. The number of carbonyl (C=O) groups excluding carboxylic acids is 3. The first-order chi connectivity index (χ1) is 17.9. The summed E-state index contributed by atoms with van der Waals surface area (Å²) in [4.78, 5) is 43.3. The van der Waals surface area contributed by atoms with Gasteiger partial charge in [0.25, 0.3) is 17.7 Å². The van der Waals surface area contributed by atoms with Crippen molar-refractivity contribution >= 4 is 50.1 Å². The maximum atomic E-state index is 13.6. The van der Waals surface area contributed by atoms with E-state index in [1.165, 1.54) is 12.0 Å². The quantitative estimate of drug-likeness (QED) is 0.277. The fourth-order valence-corrected chi connectivity index (χ4v) is 5.00. The summed E-state index contributed by atoms with van der Waals surface area (Å²) in [6.45, 7) is 0.118. The Morgan fingerprint density at radius 2 is 1.51 bits per heavy atom. The molecular formula is C29H23BrN2O5. The fourth-order valence-electron chi connectivity index (χ4n) is 4.54. The van der Waals surface area contributed by atoms with Crippen molar-refractivity contribution in [2.45, 2.75) is 0 Å². The highest BCUT2D eigenvalue weighted by atomic mass is 79.9. The molecule has 1 heterocycles. The zero-order valence-corrected chi connectivity index (χ0v) is 21.8. The van der Waals surface area contributed by atoms with Crippen LogP contribution in [0.4, 0.5) is 5.69 Å². The van der Waals surface area contributed by atoms with Gasteiger partial charge in [-0.1, -0.05) is 34.1 Å². The molecule has 5 rings (SSSR count). The van der Waals surface area contributed by atoms with Gasteiger partial charge in [0, 0.05) is 45.3 Å². The average molecular weight is 559 g/mol. The van der Waals surface area contributed by atoms with E-state index >= 15 is 0 Å². The Labute approximate surface area is 222 Å². The molecule has 1 aliphatic heterocycles. The lowest BCUT2D eigenvalue weighted by molar-refractivity contribution is 0.0611. The number of carbonyl (C=O) groups is 3. The molecule has 0 aromatic heterocycles. The van der Waals surface area contributed by atoms with E-state index in [2.05, 4.69) is 15.9 Å². The summed E-state index contributed by atoms with van der Waals surface area (Å²) in [5.74, 6) is 0.148. The Balaban J connectivity index is 1.48. The lowest BCUT2D eigenvalue weighted by Gasteiger charge is -2.30. The Hall–Kier alpha value is -4.17. The van der Waals surface area contributed by atoms with E-state index in [0.717, 1.165) is 9.86 Å². The maximum Gasteiger partial charge on any atom is 0.261 e. The second-order valence-corrected chi connectivity index (χ2v) is 9.33. The van der Waals surface area contributed by atoms with Gasteiger partial charge in [-0.05, 0) is 66.0 Å². The van der Waals surface area contributed by atoms with Gasteiger partial charge >= 0.3 is 0 Å². The third kappa shape index (κ3) is 4.44. The van der Waals surface area contributed by atoms with Crippen molar-refractivity contribution in [2.24, 2.45) is 0 Å².